The Bertz CT molecular complexity index is 1690. The lowest BCUT2D eigenvalue weighted by molar-refractivity contribution is -0.137. The number of alkyl halides is 5. The summed E-state index contributed by atoms with van der Waals surface area (Å²) in [5, 5.41) is 3.22. The van der Waals surface area contributed by atoms with Gasteiger partial charge < -0.3 is 19.9 Å². The van der Waals surface area contributed by atoms with Crippen molar-refractivity contribution in [3.63, 3.8) is 0 Å². The van der Waals surface area contributed by atoms with Gasteiger partial charge in [0.05, 0.1) is 35.0 Å². The Morgan fingerprint density at radius 1 is 1.07 bits per heavy atom. The Morgan fingerprint density at radius 3 is 2.40 bits per heavy atom. The first-order valence-corrected chi connectivity index (χ1v) is 16.2. The van der Waals surface area contributed by atoms with E-state index in [0.29, 0.717) is 31.5 Å². The summed E-state index contributed by atoms with van der Waals surface area (Å²) in [4.78, 5) is 23.7. The molecular weight excluding hydrogens is 623 g/mol. The van der Waals surface area contributed by atoms with Crippen molar-refractivity contribution in [1.82, 2.24) is 19.2 Å². The zero-order chi connectivity index (χ0) is 32.2. The molecule has 0 atom stereocenters. The second-order valence-corrected chi connectivity index (χ2v) is 13.9. The molecule has 3 fully saturated rings. The highest BCUT2D eigenvalue weighted by molar-refractivity contribution is 7.88. The van der Waals surface area contributed by atoms with Gasteiger partial charge in [-0.15, -0.1) is 0 Å². The maximum atomic E-state index is 15.4. The van der Waals surface area contributed by atoms with Gasteiger partial charge in [-0.3, -0.25) is 0 Å². The average molecular weight is 655 g/mol. The zero-order valence-corrected chi connectivity index (χ0v) is 25.0. The minimum atomic E-state index is -4.70. The molecule has 16 heteroatoms. The van der Waals surface area contributed by atoms with E-state index < -0.39 is 45.7 Å². The van der Waals surface area contributed by atoms with E-state index in [1.54, 1.807) is 30.3 Å². The highest BCUT2D eigenvalue weighted by Crippen LogP contribution is 2.52. The molecule has 0 unspecified atom stereocenters. The Hall–Kier alpha value is -3.79. The second kappa shape index (κ2) is 11.2. The van der Waals surface area contributed by atoms with Crippen molar-refractivity contribution in [2.45, 2.75) is 37.6 Å². The first kappa shape index (κ1) is 31.2. The lowest BCUT2D eigenvalue weighted by atomic mass is 9.75. The smallest absolute Gasteiger partial charge is 0.416 e. The number of fused-ring (bicyclic) bond motifs is 1. The largest absolute Gasteiger partial charge is 0.445 e. The number of ether oxygens (including phenoxy) is 1. The number of halogens is 5. The van der Waals surface area contributed by atoms with Crippen LogP contribution in [0.1, 0.15) is 24.0 Å². The molecule has 1 aromatic heterocycles. The number of nitrogens with zero attached hydrogens (tertiary/aromatic N) is 5. The van der Waals surface area contributed by atoms with Gasteiger partial charge in [-0.2, -0.15) is 13.2 Å². The lowest BCUT2D eigenvalue weighted by Gasteiger charge is -2.51. The maximum absolute atomic E-state index is 15.4. The number of nitrogens with one attached hydrogen (secondary N) is 1. The molecule has 0 aliphatic carbocycles. The van der Waals surface area contributed by atoms with Crippen molar-refractivity contribution in [3.05, 3.63) is 59.8 Å². The fraction of sp³-hybridized carbons (Fsp3) is 0.483. The number of amides is 1. The number of carbonyl (C=O) groups excluding carboxylic acids is 1. The monoisotopic (exact) mass is 654 g/mol. The van der Waals surface area contributed by atoms with Crippen LogP contribution in [0, 0.1) is 5.41 Å². The van der Waals surface area contributed by atoms with Crippen LogP contribution in [-0.2, 0) is 27.5 Å². The van der Waals surface area contributed by atoms with E-state index in [0.717, 1.165) is 23.3 Å². The van der Waals surface area contributed by atoms with Crippen molar-refractivity contribution in [2.24, 2.45) is 5.41 Å². The van der Waals surface area contributed by atoms with Crippen LogP contribution in [0.5, 0.6) is 0 Å². The average Bonchev–Trinajstić information content (AvgIpc) is 3.25. The number of rotatable bonds is 6. The first-order chi connectivity index (χ1) is 21.1. The standard InChI is InChI=1S/C29H31F5N6O4S/c1-45(42,43)40-9-7-22(8-10-40)36-25-35-13-20-11-21(29(32,33)34)12-23(24(20)37-25)38-15-27(16-38)17-39(18-28(27,30)31)26(41)44-14-19-5-3-2-4-6-19/h2-6,11-13,22H,7-10,14-18H2,1H3,(H,35,36,37). The molecule has 1 spiro atoms. The summed E-state index contributed by atoms with van der Waals surface area (Å²) in [7, 11) is -3.32. The molecule has 6 rings (SSSR count). The van der Waals surface area contributed by atoms with Crippen molar-refractivity contribution in [3.8, 4) is 0 Å². The Morgan fingerprint density at radius 2 is 1.76 bits per heavy atom. The Kier molecular flexibility index (Phi) is 7.78. The maximum Gasteiger partial charge on any atom is 0.416 e. The molecule has 0 radical (unpaired) electrons. The molecule has 0 bridgehead atoms. The molecule has 1 amide bonds. The quantitative estimate of drug-likeness (QED) is 0.385. The Balaban J connectivity index is 1.20. The van der Waals surface area contributed by atoms with Crippen molar-refractivity contribution < 1.29 is 39.9 Å². The van der Waals surface area contributed by atoms with Crippen LogP contribution in [0.4, 0.5) is 38.4 Å². The molecule has 1 N–H and O–H groups in total. The third-order valence-corrected chi connectivity index (χ3v) is 10.00. The second-order valence-electron chi connectivity index (χ2n) is 11.9. The highest BCUT2D eigenvalue weighted by Gasteiger charge is 2.67. The predicted octanol–water partition coefficient (Wildman–Crippen LogP) is 4.58. The van der Waals surface area contributed by atoms with Crippen LogP contribution in [0.3, 0.4) is 0 Å². The summed E-state index contributed by atoms with van der Waals surface area (Å²) in [5.41, 5.74) is -1.74. The fourth-order valence-electron chi connectivity index (χ4n) is 6.19. The van der Waals surface area contributed by atoms with Crippen LogP contribution < -0.4 is 10.2 Å². The van der Waals surface area contributed by atoms with Gasteiger partial charge in [-0.1, -0.05) is 30.3 Å². The molecule has 10 nitrogen and oxygen atoms in total. The summed E-state index contributed by atoms with van der Waals surface area (Å²) in [6.07, 6.45) is -2.25. The number of sulfonamides is 1. The normalized spacial score (nSPS) is 20.4. The van der Waals surface area contributed by atoms with E-state index in [1.165, 1.54) is 15.4 Å². The molecule has 45 heavy (non-hydrogen) atoms. The van der Waals surface area contributed by atoms with Gasteiger partial charge in [0, 0.05) is 50.3 Å². The molecular formula is C29H31F5N6O4S. The number of hydrogen-bond acceptors (Lipinski definition) is 8. The summed E-state index contributed by atoms with van der Waals surface area (Å²) in [6, 6.07) is 10.4. The van der Waals surface area contributed by atoms with E-state index in [9.17, 15) is 26.4 Å². The number of hydrogen-bond donors (Lipinski definition) is 1. The van der Waals surface area contributed by atoms with E-state index in [-0.39, 0.29) is 54.8 Å². The van der Waals surface area contributed by atoms with Gasteiger partial charge in [0.2, 0.25) is 16.0 Å². The first-order valence-electron chi connectivity index (χ1n) is 14.3. The lowest BCUT2D eigenvalue weighted by Crippen LogP contribution is -2.64. The van der Waals surface area contributed by atoms with Gasteiger partial charge in [0.25, 0.3) is 5.92 Å². The topological polar surface area (TPSA) is 108 Å². The molecule has 3 saturated heterocycles. The molecule has 3 aromatic rings. The van der Waals surface area contributed by atoms with Crippen LogP contribution in [0.15, 0.2) is 48.7 Å². The van der Waals surface area contributed by atoms with Crippen LogP contribution in [-0.4, -0.2) is 91.2 Å². The van der Waals surface area contributed by atoms with Gasteiger partial charge in [-0.25, -0.2) is 36.3 Å². The summed E-state index contributed by atoms with van der Waals surface area (Å²) < 4.78 is 103. The van der Waals surface area contributed by atoms with Gasteiger partial charge in [0.1, 0.15) is 6.61 Å². The summed E-state index contributed by atoms with van der Waals surface area (Å²) in [5.74, 6) is -3.16. The van der Waals surface area contributed by atoms with Crippen molar-refractivity contribution in [1.29, 1.82) is 0 Å². The summed E-state index contributed by atoms with van der Waals surface area (Å²) >= 11 is 0. The van der Waals surface area contributed by atoms with Crippen molar-refractivity contribution in [2.75, 3.05) is 55.7 Å². The molecule has 3 aliphatic heterocycles. The minimum Gasteiger partial charge on any atom is -0.445 e. The molecule has 2 aromatic carbocycles. The third-order valence-electron chi connectivity index (χ3n) is 8.70. The SMILES string of the molecule is CS(=O)(=O)N1CCC(Nc2ncc3cc(C(F)(F)F)cc(N4CC5(CN(C(=O)OCc6ccccc6)CC5(F)F)C4)c3n2)CC1. The van der Waals surface area contributed by atoms with E-state index in [2.05, 4.69) is 15.3 Å². The number of aromatic nitrogens is 2. The number of anilines is 2. The van der Waals surface area contributed by atoms with Crippen LogP contribution >= 0.6 is 0 Å². The van der Waals surface area contributed by atoms with Gasteiger partial charge >= 0.3 is 12.3 Å². The molecule has 4 heterocycles. The number of piperidine rings is 1. The fourth-order valence-corrected chi connectivity index (χ4v) is 7.06. The minimum absolute atomic E-state index is 0.0312. The van der Waals surface area contributed by atoms with E-state index in [1.807, 2.05) is 0 Å². The van der Waals surface area contributed by atoms with Crippen molar-refractivity contribution >= 4 is 38.7 Å². The number of benzene rings is 2. The predicted molar refractivity (Wildman–Crippen MR) is 155 cm³/mol. The summed E-state index contributed by atoms with van der Waals surface area (Å²) in [6.45, 7) is -1.24. The molecule has 3 aliphatic rings. The van der Waals surface area contributed by atoms with E-state index >= 15 is 8.78 Å². The van der Waals surface area contributed by atoms with Gasteiger partial charge in [0.15, 0.2) is 0 Å². The Labute approximate surface area is 256 Å². The zero-order valence-electron chi connectivity index (χ0n) is 24.2. The van der Waals surface area contributed by atoms with Crippen LogP contribution in [0.2, 0.25) is 0 Å². The molecule has 242 valence electrons. The van der Waals surface area contributed by atoms with E-state index in [4.69, 9.17) is 4.74 Å². The third kappa shape index (κ3) is 6.21. The highest BCUT2D eigenvalue weighted by atomic mass is 32.2. The molecule has 0 saturated carbocycles. The van der Waals surface area contributed by atoms with Gasteiger partial charge in [-0.05, 0) is 30.5 Å². The number of likely N-dealkylation sites (tertiary alicyclic amines) is 1. The van der Waals surface area contributed by atoms with Crippen LogP contribution in [0.25, 0.3) is 10.9 Å². The number of carbonyl (C=O) groups is 1.